The predicted molar refractivity (Wildman–Crippen MR) is 158 cm³/mol. The van der Waals surface area contributed by atoms with Gasteiger partial charge in [-0.3, -0.25) is 9.59 Å². The van der Waals surface area contributed by atoms with Gasteiger partial charge in [-0.15, -0.1) is 0 Å². The smallest absolute Gasteiger partial charge is 0.305 e. The highest BCUT2D eigenvalue weighted by molar-refractivity contribution is 5.87. The number of hydrogen-bond acceptors (Lipinski definition) is 6. The molecule has 8 nitrogen and oxygen atoms in total. The molecule has 5 rings (SSSR count). The van der Waals surface area contributed by atoms with Crippen LogP contribution in [0.1, 0.15) is 71.7 Å². The average Bonchev–Trinajstić information content (AvgIpc) is 3.62. The standard InChI is InChI=1S/C32H34N4O4/c1-17-11-22-14-27-19(3)23(7-9-31(37)39-5)29(35-27)16-30-24(8-10-32(38)40-6)20(4)28(36-30)15-26-18(2)12-21(34-26)13-25(17)33-22/h11-16,35-36H,7-10H2,1-6H3. The number of carbonyl (C=O) groups is 2. The molecular formula is C32H34N4O4. The van der Waals surface area contributed by atoms with E-state index < -0.39 is 0 Å². The molecule has 2 aliphatic heterocycles. The van der Waals surface area contributed by atoms with Gasteiger partial charge in [0.1, 0.15) is 0 Å². The predicted octanol–water partition coefficient (Wildman–Crippen LogP) is 6.26. The molecule has 0 spiro atoms. The number of hydrogen-bond donors (Lipinski definition) is 2. The number of carbonyl (C=O) groups excluding carboxylic acids is 2. The Morgan fingerprint density at radius 3 is 1.60 bits per heavy atom. The van der Waals surface area contributed by atoms with E-state index in [2.05, 4.69) is 61.9 Å². The Labute approximate surface area is 233 Å². The molecule has 0 aliphatic carbocycles. The Kier molecular flexibility index (Phi) is 7.43. The third-order valence-electron chi connectivity index (χ3n) is 7.70. The number of aromatic nitrogens is 4. The molecule has 0 atom stereocenters. The molecule has 206 valence electrons. The molecular weight excluding hydrogens is 504 g/mol. The summed E-state index contributed by atoms with van der Waals surface area (Å²) in [6.45, 7) is 8.21. The van der Waals surface area contributed by atoms with E-state index in [9.17, 15) is 9.59 Å². The van der Waals surface area contributed by atoms with Crippen molar-refractivity contribution in [1.29, 1.82) is 0 Å². The maximum Gasteiger partial charge on any atom is 0.305 e. The number of ether oxygens (including phenoxy) is 2. The van der Waals surface area contributed by atoms with Gasteiger partial charge in [0, 0.05) is 34.9 Å². The van der Waals surface area contributed by atoms with Crippen molar-refractivity contribution < 1.29 is 19.1 Å². The molecule has 8 heteroatoms. The number of nitrogens with zero attached hydrogens (tertiary/aromatic N) is 2. The van der Waals surface area contributed by atoms with Crippen LogP contribution >= 0.6 is 0 Å². The van der Waals surface area contributed by atoms with E-state index in [4.69, 9.17) is 19.4 Å². The van der Waals surface area contributed by atoms with Crippen molar-refractivity contribution in [1.82, 2.24) is 19.9 Å². The minimum absolute atomic E-state index is 0.257. The van der Waals surface area contributed by atoms with Crippen molar-refractivity contribution in [2.24, 2.45) is 0 Å². The molecule has 3 aromatic rings. The summed E-state index contributed by atoms with van der Waals surface area (Å²) in [7, 11) is 2.81. The van der Waals surface area contributed by atoms with Crippen LogP contribution in [0.2, 0.25) is 0 Å². The first-order valence-electron chi connectivity index (χ1n) is 13.4. The number of aromatic amines is 2. The van der Waals surface area contributed by atoms with Crippen molar-refractivity contribution in [3.63, 3.8) is 0 Å². The van der Waals surface area contributed by atoms with Gasteiger partial charge in [-0.1, -0.05) is 0 Å². The Balaban J connectivity index is 1.84. The lowest BCUT2D eigenvalue weighted by molar-refractivity contribution is -0.141. The van der Waals surface area contributed by atoms with Gasteiger partial charge >= 0.3 is 11.9 Å². The number of nitrogens with one attached hydrogen (secondary N) is 2. The number of allylic oxidation sites excluding steroid dienone is 2. The molecule has 5 heterocycles. The Morgan fingerprint density at radius 2 is 1.10 bits per heavy atom. The van der Waals surface area contributed by atoms with Crippen LogP contribution < -0.4 is 0 Å². The van der Waals surface area contributed by atoms with Gasteiger partial charge < -0.3 is 19.4 Å². The second-order valence-corrected chi connectivity index (χ2v) is 10.3. The van der Waals surface area contributed by atoms with Crippen LogP contribution in [0.3, 0.4) is 0 Å². The van der Waals surface area contributed by atoms with Gasteiger partial charge in [0.05, 0.1) is 37.0 Å². The Morgan fingerprint density at radius 1 is 0.650 bits per heavy atom. The maximum atomic E-state index is 12.1. The van der Waals surface area contributed by atoms with E-state index in [1.807, 2.05) is 12.1 Å². The fourth-order valence-corrected chi connectivity index (χ4v) is 5.32. The first-order chi connectivity index (χ1) is 19.2. The monoisotopic (exact) mass is 538 g/mol. The molecule has 40 heavy (non-hydrogen) atoms. The highest BCUT2D eigenvalue weighted by Crippen LogP contribution is 2.30. The molecule has 0 amide bonds. The van der Waals surface area contributed by atoms with Crippen LogP contribution in [-0.2, 0) is 31.9 Å². The molecule has 0 saturated heterocycles. The quantitative estimate of drug-likeness (QED) is 0.358. The second kappa shape index (κ2) is 11.0. The molecule has 0 radical (unpaired) electrons. The SMILES string of the molecule is COC(=O)CCc1c(C)c2cc3nc(cc4nc(cc5[nH]c(cc1[nH]2)c(CCC(=O)OC)c5C)C(C)=C4)C(C)=C3. The summed E-state index contributed by atoms with van der Waals surface area (Å²) >= 11 is 0. The second-order valence-electron chi connectivity index (χ2n) is 10.3. The minimum atomic E-state index is -0.257. The molecule has 8 bridgehead atoms. The van der Waals surface area contributed by atoms with Crippen LogP contribution in [0.4, 0.5) is 0 Å². The number of fused-ring (bicyclic) bond motifs is 8. The number of aryl methyl sites for hydroxylation is 4. The van der Waals surface area contributed by atoms with E-state index in [-0.39, 0.29) is 24.8 Å². The fraction of sp³-hybridized carbons (Fsp3) is 0.312. The summed E-state index contributed by atoms with van der Waals surface area (Å²) in [5.74, 6) is -0.514. The van der Waals surface area contributed by atoms with Gasteiger partial charge in [-0.2, -0.15) is 0 Å². The van der Waals surface area contributed by atoms with Crippen molar-refractivity contribution in [2.75, 3.05) is 14.2 Å². The van der Waals surface area contributed by atoms with Crippen LogP contribution in [0.15, 0.2) is 24.3 Å². The summed E-state index contributed by atoms with van der Waals surface area (Å²) in [6, 6.07) is 8.18. The zero-order valence-corrected chi connectivity index (χ0v) is 23.8. The van der Waals surface area contributed by atoms with Crippen LogP contribution in [0.25, 0.3) is 45.4 Å². The summed E-state index contributed by atoms with van der Waals surface area (Å²) in [6.07, 6.45) is 5.72. The van der Waals surface area contributed by atoms with Gasteiger partial charge in [-0.25, -0.2) is 9.97 Å². The zero-order chi connectivity index (χ0) is 28.6. The van der Waals surface area contributed by atoms with Gasteiger partial charge in [-0.05, 0) is 110 Å². The lowest BCUT2D eigenvalue weighted by Gasteiger charge is -2.02. The number of esters is 2. The molecule has 3 aromatic heterocycles. The summed E-state index contributed by atoms with van der Waals surface area (Å²) in [5, 5.41) is 0. The zero-order valence-electron chi connectivity index (χ0n) is 23.8. The number of H-pyrrole nitrogens is 2. The van der Waals surface area contributed by atoms with E-state index in [1.165, 1.54) is 14.2 Å². The molecule has 2 N–H and O–H groups in total. The normalized spacial score (nSPS) is 12.7. The Bertz CT molecular complexity index is 1750. The largest absolute Gasteiger partial charge is 0.469 e. The van der Waals surface area contributed by atoms with Crippen LogP contribution in [-0.4, -0.2) is 46.1 Å². The summed E-state index contributed by atoms with van der Waals surface area (Å²) < 4.78 is 9.84. The first-order valence-corrected chi connectivity index (χ1v) is 13.4. The topological polar surface area (TPSA) is 110 Å². The van der Waals surface area contributed by atoms with Gasteiger partial charge in [0.25, 0.3) is 0 Å². The van der Waals surface area contributed by atoms with Crippen molar-refractivity contribution in [3.8, 4) is 0 Å². The minimum Gasteiger partial charge on any atom is -0.469 e. The highest BCUT2D eigenvalue weighted by Gasteiger charge is 2.16. The summed E-state index contributed by atoms with van der Waals surface area (Å²) in [5.41, 5.74) is 13.4. The molecule has 0 saturated carbocycles. The first kappa shape index (κ1) is 27.1. The van der Waals surface area contributed by atoms with Gasteiger partial charge in [0.2, 0.25) is 0 Å². The van der Waals surface area contributed by atoms with Crippen LogP contribution in [0.5, 0.6) is 0 Å². The number of methoxy groups -OCH3 is 2. The third-order valence-corrected chi connectivity index (χ3v) is 7.70. The van der Waals surface area contributed by atoms with Crippen molar-refractivity contribution >= 4 is 57.3 Å². The van der Waals surface area contributed by atoms with E-state index in [1.54, 1.807) is 0 Å². The van der Waals surface area contributed by atoms with Crippen molar-refractivity contribution in [3.05, 3.63) is 69.3 Å². The number of rotatable bonds is 6. The molecule has 0 unspecified atom stereocenters. The van der Waals surface area contributed by atoms with E-state index >= 15 is 0 Å². The molecule has 0 aromatic carbocycles. The molecule has 2 aliphatic rings. The lowest BCUT2D eigenvalue weighted by Crippen LogP contribution is -2.02. The summed E-state index contributed by atoms with van der Waals surface area (Å²) in [4.78, 5) is 41.0. The fourth-order valence-electron chi connectivity index (χ4n) is 5.32. The highest BCUT2D eigenvalue weighted by atomic mass is 16.5. The van der Waals surface area contributed by atoms with E-state index in [0.717, 1.165) is 78.2 Å². The van der Waals surface area contributed by atoms with E-state index in [0.29, 0.717) is 12.8 Å². The lowest BCUT2D eigenvalue weighted by atomic mass is 10.0. The maximum absolute atomic E-state index is 12.1. The average molecular weight is 539 g/mol. The van der Waals surface area contributed by atoms with Gasteiger partial charge in [0.15, 0.2) is 0 Å². The van der Waals surface area contributed by atoms with Crippen molar-refractivity contribution in [2.45, 2.75) is 53.4 Å². The van der Waals surface area contributed by atoms with Crippen LogP contribution in [0, 0.1) is 13.8 Å². The Hall–Kier alpha value is -4.46. The third kappa shape index (κ3) is 5.34. The molecule has 0 fully saturated rings.